The van der Waals surface area contributed by atoms with E-state index in [0.717, 1.165) is 11.4 Å². The third kappa shape index (κ3) is 3.42. The van der Waals surface area contributed by atoms with E-state index in [9.17, 15) is 9.59 Å². The van der Waals surface area contributed by atoms with Crippen molar-refractivity contribution in [1.82, 2.24) is 4.98 Å². The molecule has 120 valence electrons. The molecule has 2 heterocycles. The van der Waals surface area contributed by atoms with Gasteiger partial charge in [0.15, 0.2) is 11.2 Å². The first-order valence-corrected chi connectivity index (χ1v) is 7.93. The Morgan fingerprint density at radius 2 is 2.26 bits per heavy atom. The summed E-state index contributed by atoms with van der Waals surface area (Å²) in [5.74, 6) is -0.0296. The van der Waals surface area contributed by atoms with E-state index in [1.807, 2.05) is 28.5 Å². The van der Waals surface area contributed by atoms with Crippen molar-refractivity contribution >= 4 is 34.0 Å². The lowest BCUT2D eigenvalue weighted by Crippen LogP contribution is -2.47. The monoisotopic (exact) mass is 332 g/mol. The van der Waals surface area contributed by atoms with Gasteiger partial charge in [0.25, 0.3) is 5.91 Å². The van der Waals surface area contributed by atoms with Gasteiger partial charge in [-0.05, 0) is 12.1 Å². The van der Waals surface area contributed by atoms with Gasteiger partial charge in [0.2, 0.25) is 5.91 Å². The molecule has 7 nitrogen and oxygen atoms in total. The Kier molecular flexibility index (Phi) is 4.16. The fourth-order valence-electron chi connectivity index (χ4n) is 2.39. The molecule has 1 aromatic heterocycles. The smallest absolute Gasteiger partial charge is 0.260 e. The van der Waals surface area contributed by atoms with Crippen molar-refractivity contribution < 1.29 is 14.3 Å². The highest BCUT2D eigenvalue weighted by atomic mass is 32.1. The van der Waals surface area contributed by atoms with E-state index in [4.69, 9.17) is 10.5 Å². The number of nitrogens with zero attached hydrogens (tertiary/aromatic N) is 2. The van der Waals surface area contributed by atoms with Gasteiger partial charge in [-0.3, -0.25) is 9.59 Å². The van der Waals surface area contributed by atoms with Crippen LogP contribution in [0.2, 0.25) is 0 Å². The van der Waals surface area contributed by atoms with Crippen LogP contribution >= 0.6 is 11.3 Å². The quantitative estimate of drug-likeness (QED) is 0.881. The first-order chi connectivity index (χ1) is 11.0. The second kappa shape index (κ2) is 6.25. The standard InChI is InChI=1S/C15H16N4O3S/c1-9(20)17-15-18-10(8-23-15)6-19-7-13(14(16)21)22-12-5-3-2-4-11(12)19/h2-5,8,13H,6-7H2,1H3,(H2,16,21)(H,17,18,20)/t13-/m0/s1. The Bertz CT molecular complexity index is 746. The molecule has 23 heavy (non-hydrogen) atoms. The summed E-state index contributed by atoms with van der Waals surface area (Å²) in [6.07, 6.45) is -0.696. The van der Waals surface area contributed by atoms with Crippen molar-refractivity contribution in [3.63, 3.8) is 0 Å². The highest BCUT2D eigenvalue weighted by Gasteiger charge is 2.29. The molecule has 0 spiro atoms. The summed E-state index contributed by atoms with van der Waals surface area (Å²) in [6.45, 7) is 2.30. The normalized spacial score (nSPS) is 16.4. The van der Waals surface area contributed by atoms with Crippen molar-refractivity contribution in [3.8, 4) is 5.75 Å². The van der Waals surface area contributed by atoms with Gasteiger partial charge >= 0.3 is 0 Å². The van der Waals surface area contributed by atoms with Crippen molar-refractivity contribution in [1.29, 1.82) is 0 Å². The number of anilines is 2. The van der Waals surface area contributed by atoms with Crippen LogP contribution in [-0.2, 0) is 16.1 Å². The lowest BCUT2D eigenvalue weighted by Gasteiger charge is -2.34. The summed E-state index contributed by atoms with van der Waals surface area (Å²) >= 11 is 1.36. The number of nitrogens with one attached hydrogen (secondary N) is 1. The molecule has 0 bridgehead atoms. The molecule has 2 aromatic rings. The Morgan fingerprint density at radius 3 is 3.00 bits per heavy atom. The molecule has 2 amide bonds. The number of fused-ring (bicyclic) bond motifs is 1. The SMILES string of the molecule is CC(=O)Nc1nc(CN2C[C@@H](C(N)=O)Oc3ccccc32)cs1. The van der Waals surface area contributed by atoms with Gasteiger partial charge in [0.05, 0.1) is 24.5 Å². The van der Waals surface area contributed by atoms with Crippen LogP contribution in [-0.4, -0.2) is 29.4 Å². The molecule has 3 N–H and O–H groups in total. The first kappa shape index (κ1) is 15.3. The van der Waals surface area contributed by atoms with Crippen molar-refractivity contribution in [2.45, 2.75) is 19.6 Å². The van der Waals surface area contributed by atoms with Gasteiger partial charge < -0.3 is 20.7 Å². The number of carbonyl (C=O) groups excluding carboxylic acids is 2. The predicted molar refractivity (Wildman–Crippen MR) is 87.5 cm³/mol. The largest absolute Gasteiger partial charge is 0.477 e. The highest BCUT2D eigenvalue weighted by molar-refractivity contribution is 7.13. The van der Waals surface area contributed by atoms with Crippen molar-refractivity contribution in [3.05, 3.63) is 35.3 Å². The Morgan fingerprint density at radius 1 is 1.48 bits per heavy atom. The predicted octanol–water partition coefficient (Wildman–Crippen LogP) is 1.35. The minimum atomic E-state index is -0.696. The minimum Gasteiger partial charge on any atom is -0.477 e. The Hall–Kier alpha value is -2.61. The fourth-order valence-corrected chi connectivity index (χ4v) is 3.14. The van der Waals surface area contributed by atoms with Crippen molar-refractivity contribution in [2.24, 2.45) is 5.73 Å². The number of hydrogen-bond acceptors (Lipinski definition) is 6. The van der Waals surface area contributed by atoms with E-state index in [0.29, 0.717) is 24.0 Å². The molecule has 0 radical (unpaired) electrons. The summed E-state index contributed by atoms with van der Waals surface area (Å²) < 4.78 is 5.63. The van der Waals surface area contributed by atoms with Gasteiger partial charge in [-0.1, -0.05) is 12.1 Å². The molecule has 0 saturated heterocycles. The maximum absolute atomic E-state index is 11.5. The van der Waals surface area contributed by atoms with Gasteiger partial charge in [0.1, 0.15) is 5.75 Å². The summed E-state index contributed by atoms with van der Waals surface area (Å²) in [5.41, 5.74) is 7.08. The van der Waals surface area contributed by atoms with E-state index >= 15 is 0 Å². The number of rotatable bonds is 4. The molecule has 0 unspecified atom stereocenters. The van der Waals surface area contributed by atoms with Crippen molar-refractivity contribution in [2.75, 3.05) is 16.8 Å². The average molecular weight is 332 g/mol. The van der Waals surface area contributed by atoms with Gasteiger partial charge in [-0.15, -0.1) is 11.3 Å². The molecular formula is C15H16N4O3S. The maximum atomic E-state index is 11.5. The number of aromatic nitrogens is 1. The number of hydrogen-bond donors (Lipinski definition) is 2. The molecule has 1 aromatic carbocycles. The lowest BCUT2D eigenvalue weighted by atomic mass is 10.1. The number of nitrogens with two attached hydrogens (primary N) is 1. The van der Waals surface area contributed by atoms with Crippen LogP contribution in [0.5, 0.6) is 5.75 Å². The number of ether oxygens (including phenoxy) is 1. The fraction of sp³-hybridized carbons (Fsp3) is 0.267. The topological polar surface area (TPSA) is 97.5 Å². The number of thiazole rings is 1. The molecule has 0 aliphatic carbocycles. The molecule has 3 rings (SSSR count). The zero-order valence-electron chi connectivity index (χ0n) is 12.5. The molecule has 1 aliphatic heterocycles. The summed E-state index contributed by atoms with van der Waals surface area (Å²) in [4.78, 5) is 28.9. The summed E-state index contributed by atoms with van der Waals surface area (Å²) in [7, 11) is 0. The van der Waals surface area contributed by atoms with E-state index in [-0.39, 0.29) is 5.91 Å². The van der Waals surface area contributed by atoms with E-state index in [1.54, 1.807) is 6.07 Å². The van der Waals surface area contributed by atoms with Crippen LogP contribution < -0.4 is 20.7 Å². The van der Waals surface area contributed by atoms with Crippen LogP contribution in [0, 0.1) is 0 Å². The number of para-hydroxylation sites is 2. The van der Waals surface area contributed by atoms with Crippen LogP contribution in [0.1, 0.15) is 12.6 Å². The van der Waals surface area contributed by atoms with E-state index in [1.165, 1.54) is 18.3 Å². The number of benzene rings is 1. The zero-order valence-corrected chi connectivity index (χ0v) is 13.3. The third-order valence-electron chi connectivity index (χ3n) is 3.37. The highest BCUT2D eigenvalue weighted by Crippen LogP contribution is 2.34. The van der Waals surface area contributed by atoms with Crippen LogP contribution in [0.25, 0.3) is 0 Å². The van der Waals surface area contributed by atoms with E-state index in [2.05, 4.69) is 10.3 Å². The lowest BCUT2D eigenvalue weighted by molar-refractivity contribution is -0.124. The second-order valence-electron chi connectivity index (χ2n) is 5.18. The average Bonchev–Trinajstić information content (AvgIpc) is 2.93. The summed E-state index contributed by atoms with van der Waals surface area (Å²) in [5, 5.41) is 5.09. The molecule has 0 saturated carbocycles. The Labute approximate surface area is 137 Å². The molecule has 8 heteroatoms. The minimum absolute atomic E-state index is 0.156. The number of carbonyl (C=O) groups is 2. The Balaban J connectivity index is 1.82. The zero-order chi connectivity index (χ0) is 16.4. The summed E-state index contributed by atoms with van der Waals surface area (Å²) in [6, 6.07) is 7.48. The first-order valence-electron chi connectivity index (χ1n) is 7.05. The number of amides is 2. The van der Waals surface area contributed by atoms with Gasteiger partial charge in [-0.2, -0.15) is 0 Å². The van der Waals surface area contributed by atoms with E-state index < -0.39 is 12.0 Å². The van der Waals surface area contributed by atoms with Crippen LogP contribution in [0.3, 0.4) is 0 Å². The van der Waals surface area contributed by atoms with Crippen LogP contribution in [0.4, 0.5) is 10.8 Å². The van der Waals surface area contributed by atoms with Crippen LogP contribution in [0.15, 0.2) is 29.6 Å². The molecule has 0 fully saturated rings. The van der Waals surface area contributed by atoms with Gasteiger partial charge in [0, 0.05) is 12.3 Å². The second-order valence-corrected chi connectivity index (χ2v) is 6.04. The third-order valence-corrected chi connectivity index (χ3v) is 4.17. The van der Waals surface area contributed by atoms with Gasteiger partial charge in [-0.25, -0.2) is 4.98 Å². The molecule has 1 aliphatic rings. The molecule has 1 atom stereocenters. The maximum Gasteiger partial charge on any atom is 0.260 e. The number of primary amides is 1. The molecular weight excluding hydrogens is 316 g/mol.